The fourth-order valence-electron chi connectivity index (χ4n) is 3.42. The van der Waals surface area contributed by atoms with Crippen molar-refractivity contribution in [2.75, 3.05) is 7.11 Å². The molecule has 0 saturated heterocycles. The Hall–Kier alpha value is -5.24. The second-order valence-corrected chi connectivity index (χ2v) is 10.9. The van der Waals surface area contributed by atoms with E-state index in [9.17, 15) is 41.2 Å². The summed E-state index contributed by atoms with van der Waals surface area (Å²) < 4.78 is 71.7. The van der Waals surface area contributed by atoms with Crippen molar-refractivity contribution in [2.24, 2.45) is 20.5 Å². The second kappa shape index (κ2) is 11.3. The molecule has 17 nitrogen and oxygen atoms in total. The molecule has 218 valence electrons. The van der Waals surface area contributed by atoms with E-state index in [0.717, 1.165) is 36.4 Å². The van der Waals surface area contributed by atoms with Crippen molar-refractivity contribution < 1.29 is 45.7 Å². The van der Waals surface area contributed by atoms with Crippen LogP contribution in [0.1, 0.15) is 10.5 Å². The van der Waals surface area contributed by atoms with Crippen LogP contribution in [0.25, 0.3) is 5.69 Å². The number of phenolic OH excluding ortho intramolecular Hbond substituents is 1. The molecule has 1 heterocycles. The molecule has 19 heteroatoms. The van der Waals surface area contributed by atoms with Crippen molar-refractivity contribution in [1.29, 1.82) is 0 Å². The van der Waals surface area contributed by atoms with Gasteiger partial charge in [-0.05, 0) is 54.6 Å². The van der Waals surface area contributed by atoms with Crippen LogP contribution < -0.4 is 10.3 Å². The van der Waals surface area contributed by atoms with Crippen LogP contribution in [0.3, 0.4) is 0 Å². The van der Waals surface area contributed by atoms with E-state index in [1.54, 1.807) is 0 Å². The van der Waals surface area contributed by atoms with Gasteiger partial charge in [-0.1, -0.05) is 0 Å². The molecule has 0 radical (unpaired) electrons. The van der Waals surface area contributed by atoms with Crippen LogP contribution in [-0.2, 0) is 20.2 Å². The minimum absolute atomic E-state index is 0.0230. The first-order chi connectivity index (χ1) is 19.7. The minimum atomic E-state index is -4.99. The maximum absolute atomic E-state index is 13.0. The summed E-state index contributed by atoms with van der Waals surface area (Å²) >= 11 is 0. The predicted octanol–water partition coefficient (Wildman–Crippen LogP) is 3.90. The van der Waals surface area contributed by atoms with Gasteiger partial charge in [0.15, 0.2) is 11.4 Å². The zero-order valence-electron chi connectivity index (χ0n) is 21.0. The van der Waals surface area contributed by atoms with Crippen LogP contribution in [0.4, 0.5) is 22.7 Å². The molecule has 4 aromatic rings. The first-order valence-electron chi connectivity index (χ1n) is 11.2. The fraction of sp³-hybridized carbons (Fsp3) is 0.0435. The maximum atomic E-state index is 13.0. The molecule has 0 aliphatic heterocycles. The molecule has 0 spiro atoms. The molecule has 0 unspecified atom stereocenters. The zero-order chi connectivity index (χ0) is 30.8. The van der Waals surface area contributed by atoms with Crippen LogP contribution in [-0.4, -0.2) is 59.0 Å². The molecule has 0 fully saturated rings. The summed E-state index contributed by atoms with van der Waals surface area (Å²) in [4.78, 5) is 23.5. The Kier molecular flexibility index (Phi) is 8.02. The average Bonchev–Trinajstić information content (AvgIpc) is 3.26. The van der Waals surface area contributed by atoms with E-state index < -0.39 is 58.6 Å². The highest BCUT2D eigenvalue weighted by molar-refractivity contribution is 7.86. The number of carboxylic acids is 1. The molecule has 0 aliphatic carbocycles. The van der Waals surface area contributed by atoms with E-state index in [2.05, 4.69) is 25.6 Å². The third-order valence-corrected chi connectivity index (χ3v) is 7.14. The van der Waals surface area contributed by atoms with E-state index in [0.29, 0.717) is 4.68 Å². The number of hydrogen-bond acceptors (Lipinski definition) is 12. The summed E-state index contributed by atoms with van der Waals surface area (Å²) in [5.41, 5.74) is -3.10. The standard InChI is InChI=1S/C23H18N6O11S2/c1-40-18-10-17(19(42(37,38)39)11-16(18)25-24-12-2-6-14(30)7-3-12)26-27-20-21(23(32)33)28-29(22(20)31)13-4-8-15(9-5-13)41(34,35)36/h2-11,28,30H,1H3,(H,32,33)(H,34,35,36)(H,37,38,39). The van der Waals surface area contributed by atoms with Gasteiger partial charge in [0.05, 0.1) is 23.4 Å². The molecule has 5 N–H and O–H groups in total. The van der Waals surface area contributed by atoms with Crippen molar-refractivity contribution in [3.8, 4) is 17.2 Å². The van der Waals surface area contributed by atoms with Gasteiger partial charge in [0.2, 0.25) is 0 Å². The molecule has 0 bridgehead atoms. The Labute approximate surface area is 235 Å². The summed E-state index contributed by atoms with van der Waals surface area (Å²) in [5, 5.41) is 36.3. The topological polar surface area (TPSA) is 263 Å². The lowest BCUT2D eigenvalue weighted by Gasteiger charge is -2.08. The largest absolute Gasteiger partial charge is 0.508 e. The van der Waals surface area contributed by atoms with Crippen LogP contribution in [0.2, 0.25) is 0 Å². The highest BCUT2D eigenvalue weighted by Crippen LogP contribution is 2.39. The monoisotopic (exact) mass is 618 g/mol. The molecule has 1 aromatic heterocycles. The lowest BCUT2D eigenvalue weighted by Crippen LogP contribution is -2.14. The first kappa shape index (κ1) is 29.7. The third-order valence-electron chi connectivity index (χ3n) is 5.39. The van der Waals surface area contributed by atoms with Gasteiger partial charge in [-0.25, -0.2) is 9.48 Å². The number of carbonyl (C=O) groups is 1. The van der Waals surface area contributed by atoms with Gasteiger partial charge in [-0.15, -0.1) is 15.3 Å². The summed E-state index contributed by atoms with van der Waals surface area (Å²) in [7, 11) is -8.31. The SMILES string of the molecule is COc1cc(N=Nc2c(C(=O)O)[nH]n(-c3ccc(S(=O)(=O)O)cc3)c2=O)c(S(=O)(=O)O)cc1N=Nc1ccc(O)cc1. The minimum Gasteiger partial charge on any atom is -0.508 e. The number of aromatic hydroxyl groups is 1. The Morgan fingerprint density at radius 2 is 1.48 bits per heavy atom. The lowest BCUT2D eigenvalue weighted by atomic mass is 10.2. The number of carboxylic acid groups (broad SMARTS) is 1. The van der Waals surface area contributed by atoms with E-state index in [-0.39, 0.29) is 28.6 Å². The number of H-pyrrole nitrogens is 1. The second-order valence-electron chi connectivity index (χ2n) is 8.13. The van der Waals surface area contributed by atoms with Crippen molar-refractivity contribution >= 4 is 49.0 Å². The molecule has 0 atom stereocenters. The number of azo groups is 2. The lowest BCUT2D eigenvalue weighted by molar-refractivity contribution is 0.0690. The van der Waals surface area contributed by atoms with Crippen molar-refractivity contribution in [2.45, 2.75) is 9.79 Å². The van der Waals surface area contributed by atoms with E-state index in [4.69, 9.17) is 9.29 Å². The number of ether oxygens (including phenoxy) is 1. The Morgan fingerprint density at radius 1 is 0.857 bits per heavy atom. The molecular formula is C23H18N6O11S2. The van der Waals surface area contributed by atoms with Gasteiger partial charge in [0.25, 0.3) is 25.8 Å². The van der Waals surface area contributed by atoms with Gasteiger partial charge < -0.3 is 14.9 Å². The number of aromatic carboxylic acids is 1. The highest BCUT2D eigenvalue weighted by Gasteiger charge is 2.23. The molecule has 0 saturated carbocycles. The molecule has 0 aliphatic rings. The number of aromatic amines is 1. The summed E-state index contributed by atoms with van der Waals surface area (Å²) in [6.45, 7) is 0. The number of benzene rings is 3. The average molecular weight is 619 g/mol. The highest BCUT2D eigenvalue weighted by atomic mass is 32.2. The Bertz CT molecular complexity index is 2010. The normalized spacial score (nSPS) is 12.3. The summed E-state index contributed by atoms with van der Waals surface area (Å²) in [6, 6.07) is 11.5. The van der Waals surface area contributed by atoms with Crippen molar-refractivity contribution in [1.82, 2.24) is 9.78 Å². The number of nitrogens with one attached hydrogen (secondary N) is 1. The molecular weight excluding hydrogens is 600 g/mol. The summed E-state index contributed by atoms with van der Waals surface area (Å²) in [5.74, 6) is -1.76. The summed E-state index contributed by atoms with van der Waals surface area (Å²) in [6.07, 6.45) is 0. The van der Waals surface area contributed by atoms with E-state index in [1.165, 1.54) is 31.4 Å². The molecule has 42 heavy (non-hydrogen) atoms. The third kappa shape index (κ3) is 6.39. The number of phenols is 1. The van der Waals surface area contributed by atoms with Crippen molar-refractivity contribution in [3.05, 3.63) is 76.7 Å². The van der Waals surface area contributed by atoms with Gasteiger partial charge in [-0.2, -0.15) is 21.9 Å². The number of aromatic nitrogens is 2. The molecule has 4 rings (SSSR count). The zero-order valence-corrected chi connectivity index (χ0v) is 22.6. The van der Waals surface area contributed by atoms with Crippen LogP contribution >= 0.6 is 0 Å². The number of methoxy groups -OCH3 is 1. The maximum Gasteiger partial charge on any atom is 0.356 e. The number of hydrogen-bond donors (Lipinski definition) is 5. The first-order valence-corrected chi connectivity index (χ1v) is 14.1. The molecule has 3 aromatic carbocycles. The number of rotatable bonds is 9. The van der Waals surface area contributed by atoms with Gasteiger partial charge in [0, 0.05) is 6.07 Å². The van der Waals surface area contributed by atoms with Crippen LogP contribution in [0, 0.1) is 0 Å². The van der Waals surface area contributed by atoms with E-state index in [1.807, 2.05) is 0 Å². The fourth-order valence-corrected chi connectivity index (χ4v) is 4.52. The van der Waals surface area contributed by atoms with E-state index >= 15 is 0 Å². The van der Waals surface area contributed by atoms with Crippen LogP contribution in [0.5, 0.6) is 11.5 Å². The Balaban J connectivity index is 1.80. The quantitative estimate of drug-likeness (QED) is 0.133. The molecule has 0 amide bonds. The van der Waals surface area contributed by atoms with Gasteiger partial charge in [0.1, 0.15) is 27.8 Å². The number of nitrogens with zero attached hydrogens (tertiary/aromatic N) is 5. The smallest absolute Gasteiger partial charge is 0.356 e. The Morgan fingerprint density at radius 3 is 2.02 bits per heavy atom. The van der Waals surface area contributed by atoms with Crippen molar-refractivity contribution in [3.63, 3.8) is 0 Å². The van der Waals surface area contributed by atoms with Gasteiger partial charge in [-0.3, -0.25) is 19.0 Å². The van der Waals surface area contributed by atoms with Crippen LogP contribution in [0.15, 0.2) is 95.7 Å². The van der Waals surface area contributed by atoms with Gasteiger partial charge >= 0.3 is 5.97 Å². The predicted molar refractivity (Wildman–Crippen MR) is 142 cm³/mol.